The van der Waals surface area contributed by atoms with Gasteiger partial charge in [-0.3, -0.25) is 9.59 Å². The Morgan fingerprint density at radius 3 is 2.43 bits per heavy atom. The van der Waals surface area contributed by atoms with Crippen molar-refractivity contribution >= 4 is 11.8 Å². The molecule has 1 aromatic rings. The zero-order valence-electron chi connectivity index (χ0n) is 22.3. The molecule has 3 aliphatic heterocycles. The van der Waals surface area contributed by atoms with Gasteiger partial charge in [-0.15, -0.1) is 0 Å². The molecule has 4 aliphatic rings. The van der Waals surface area contributed by atoms with Crippen LogP contribution in [0.15, 0.2) is 42.5 Å². The van der Waals surface area contributed by atoms with E-state index >= 15 is 0 Å². The van der Waals surface area contributed by atoms with Gasteiger partial charge >= 0.3 is 0 Å². The van der Waals surface area contributed by atoms with Gasteiger partial charge < -0.3 is 19.3 Å². The summed E-state index contributed by atoms with van der Waals surface area (Å²) in [5.74, 6) is 2.07. The fourth-order valence-electron chi connectivity index (χ4n) is 6.56. The van der Waals surface area contributed by atoms with Crippen LogP contribution in [0, 0.1) is 17.8 Å². The van der Waals surface area contributed by atoms with E-state index in [1.165, 1.54) is 6.42 Å². The molecule has 6 heteroatoms. The Kier molecular flexibility index (Phi) is 8.52. The minimum atomic E-state index is -0.142. The van der Waals surface area contributed by atoms with Gasteiger partial charge in [0.1, 0.15) is 0 Å². The molecule has 5 rings (SSSR count). The Balaban J connectivity index is 1.47. The number of amides is 2. The second-order valence-electron chi connectivity index (χ2n) is 11.1. The molecule has 0 saturated carbocycles. The first kappa shape index (κ1) is 25.9. The summed E-state index contributed by atoms with van der Waals surface area (Å²) in [4.78, 5) is 30.9. The van der Waals surface area contributed by atoms with Gasteiger partial charge in [0.25, 0.3) is 0 Å². The fraction of sp³-hybridized carbons (Fsp3) is 0.613. The first-order chi connectivity index (χ1) is 18.2. The van der Waals surface area contributed by atoms with Crippen molar-refractivity contribution in [3.8, 4) is 11.5 Å². The number of fused-ring (bicyclic) bond motifs is 1. The summed E-state index contributed by atoms with van der Waals surface area (Å²) in [6, 6.07) is 6.18. The molecule has 2 amide bonds. The smallest absolute Gasteiger partial charge is 0.246 e. The highest BCUT2D eigenvalue weighted by molar-refractivity contribution is 5.88. The number of benzene rings is 1. The van der Waals surface area contributed by atoms with E-state index in [2.05, 4.69) is 42.2 Å². The number of nitrogens with zero attached hydrogens (tertiary/aromatic N) is 2. The van der Waals surface area contributed by atoms with Gasteiger partial charge in [-0.2, -0.15) is 0 Å². The molecule has 0 aromatic heterocycles. The lowest BCUT2D eigenvalue weighted by molar-refractivity contribution is -0.137. The summed E-state index contributed by atoms with van der Waals surface area (Å²) in [6.07, 6.45) is 18.3. The third kappa shape index (κ3) is 5.89. The van der Waals surface area contributed by atoms with Gasteiger partial charge in [0.2, 0.25) is 18.6 Å². The molecule has 0 bridgehead atoms. The minimum absolute atomic E-state index is 0.0625. The molecule has 3 heterocycles. The topological polar surface area (TPSA) is 59.1 Å². The van der Waals surface area contributed by atoms with E-state index in [1.807, 2.05) is 11.0 Å². The molecular formula is C31H42N2O4. The normalized spacial score (nSPS) is 27.3. The molecule has 37 heavy (non-hydrogen) atoms. The zero-order valence-corrected chi connectivity index (χ0v) is 22.3. The Bertz CT molecular complexity index is 1010. The fourth-order valence-corrected chi connectivity index (χ4v) is 6.56. The lowest BCUT2D eigenvalue weighted by atomic mass is 9.66. The molecule has 2 saturated heterocycles. The van der Waals surface area contributed by atoms with Crippen LogP contribution in [-0.4, -0.2) is 54.6 Å². The predicted molar refractivity (Wildman–Crippen MR) is 144 cm³/mol. The molecule has 0 N–H and O–H groups in total. The van der Waals surface area contributed by atoms with Crippen LogP contribution < -0.4 is 9.47 Å². The number of piperidine rings is 1. The number of rotatable bonds is 8. The number of hydrogen-bond acceptors (Lipinski definition) is 4. The van der Waals surface area contributed by atoms with E-state index in [0.29, 0.717) is 0 Å². The summed E-state index contributed by atoms with van der Waals surface area (Å²) in [6.45, 7) is 5.89. The number of carbonyl (C=O) groups is 2. The maximum atomic E-state index is 13.8. The standard InChI is InChI=1S/C31H42N2O4/c1-2-3-5-10-25-26(14-16-30(34)32-17-8-9-18-32)24(23-11-15-28-29(21-23)37-22-36-28)12-13-27(25)31(35)33-19-6-4-7-20-33/h11-16,21,24-27H,2-10,17-20,22H2,1H3/b16-14+/t24-,25-,26+,27-/m0/s1. The molecule has 1 aromatic carbocycles. The SMILES string of the molecule is CCCCC[C@H]1[C@H](/C=C/C(=O)N2CCCC2)[C@H](c2ccc3c(c2)OCO3)C=C[C@@H]1C(=O)N1CCCCC1. The van der Waals surface area contributed by atoms with Crippen molar-refractivity contribution in [1.29, 1.82) is 0 Å². The van der Waals surface area contributed by atoms with Gasteiger partial charge in [0.15, 0.2) is 11.5 Å². The first-order valence-electron chi connectivity index (χ1n) is 14.5. The number of unbranched alkanes of at least 4 members (excludes halogenated alkanes) is 2. The van der Waals surface area contributed by atoms with E-state index in [9.17, 15) is 9.59 Å². The number of hydrogen-bond donors (Lipinski definition) is 0. The van der Waals surface area contributed by atoms with Crippen LogP contribution in [0.2, 0.25) is 0 Å². The molecule has 0 spiro atoms. The van der Waals surface area contributed by atoms with Gasteiger partial charge in [-0.1, -0.05) is 50.5 Å². The molecule has 1 aliphatic carbocycles. The number of ether oxygens (including phenoxy) is 2. The predicted octanol–water partition coefficient (Wildman–Crippen LogP) is 5.69. The summed E-state index contributed by atoms with van der Waals surface area (Å²) < 4.78 is 11.2. The molecule has 4 atom stereocenters. The quantitative estimate of drug-likeness (QED) is 0.258. The van der Waals surface area contributed by atoms with Crippen molar-refractivity contribution in [3.05, 3.63) is 48.1 Å². The lowest BCUT2D eigenvalue weighted by Crippen LogP contribution is -2.44. The van der Waals surface area contributed by atoms with Crippen LogP contribution in [0.1, 0.15) is 76.2 Å². The summed E-state index contributed by atoms with van der Waals surface area (Å²) in [5.41, 5.74) is 1.15. The highest BCUT2D eigenvalue weighted by Crippen LogP contribution is 2.46. The monoisotopic (exact) mass is 506 g/mol. The number of carbonyl (C=O) groups excluding carboxylic acids is 2. The minimum Gasteiger partial charge on any atom is -0.454 e. The Labute approximate surface area is 221 Å². The average molecular weight is 507 g/mol. The van der Waals surface area contributed by atoms with Crippen molar-refractivity contribution in [2.24, 2.45) is 17.8 Å². The molecule has 0 unspecified atom stereocenters. The molecule has 2 fully saturated rings. The van der Waals surface area contributed by atoms with Gasteiger partial charge in [-0.25, -0.2) is 0 Å². The van der Waals surface area contributed by atoms with Crippen LogP contribution in [0.4, 0.5) is 0 Å². The van der Waals surface area contributed by atoms with Crippen molar-refractivity contribution in [3.63, 3.8) is 0 Å². The highest BCUT2D eigenvalue weighted by atomic mass is 16.7. The van der Waals surface area contributed by atoms with Gasteiger partial charge in [0.05, 0.1) is 5.92 Å². The third-order valence-electron chi connectivity index (χ3n) is 8.65. The van der Waals surface area contributed by atoms with E-state index in [-0.39, 0.29) is 42.3 Å². The van der Waals surface area contributed by atoms with Crippen molar-refractivity contribution < 1.29 is 19.1 Å². The van der Waals surface area contributed by atoms with Crippen molar-refractivity contribution in [2.75, 3.05) is 33.0 Å². The van der Waals surface area contributed by atoms with Crippen LogP contribution in [0.3, 0.4) is 0 Å². The molecule has 0 radical (unpaired) electrons. The van der Waals surface area contributed by atoms with Crippen molar-refractivity contribution in [2.45, 2.75) is 70.6 Å². The Morgan fingerprint density at radius 2 is 1.65 bits per heavy atom. The number of likely N-dealkylation sites (tertiary alicyclic amines) is 2. The molecule has 200 valence electrons. The van der Waals surface area contributed by atoms with Crippen LogP contribution in [0.5, 0.6) is 11.5 Å². The lowest BCUT2D eigenvalue weighted by Gasteiger charge is -2.41. The maximum absolute atomic E-state index is 13.8. The van der Waals surface area contributed by atoms with E-state index in [4.69, 9.17) is 9.47 Å². The van der Waals surface area contributed by atoms with Gasteiger partial charge in [0, 0.05) is 32.1 Å². The molecular weight excluding hydrogens is 464 g/mol. The van der Waals surface area contributed by atoms with E-state index in [0.717, 1.165) is 94.6 Å². The van der Waals surface area contributed by atoms with E-state index in [1.54, 1.807) is 6.08 Å². The number of allylic oxidation sites excluding steroid dienone is 2. The third-order valence-corrected chi connectivity index (χ3v) is 8.65. The molecule has 6 nitrogen and oxygen atoms in total. The van der Waals surface area contributed by atoms with Crippen LogP contribution >= 0.6 is 0 Å². The highest BCUT2D eigenvalue weighted by Gasteiger charge is 2.40. The van der Waals surface area contributed by atoms with Gasteiger partial charge in [-0.05, 0) is 74.1 Å². The Morgan fingerprint density at radius 1 is 0.919 bits per heavy atom. The Hall–Kier alpha value is -2.76. The second-order valence-corrected chi connectivity index (χ2v) is 11.1. The second kappa shape index (κ2) is 12.2. The maximum Gasteiger partial charge on any atom is 0.246 e. The summed E-state index contributed by atoms with van der Waals surface area (Å²) in [5, 5.41) is 0. The summed E-state index contributed by atoms with van der Waals surface area (Å²) in [7, 11) is 0. The first-order valence-corrected chi connectivity index (χ1v) is 14.5. The summed E-state index contributed by atoms with van der Waals surface area (Å²) >= 11 is 0. The largest absolute Gasteiger partial charge is 0.454 e. The van der Waals surface area contributed by atoms with E-state index < -0.39 is 0 Å². The average Bonchev–Trinajstić information content (AvgIpc) is 3.64. The van der Waals surface area contributed by atoms with Crippen LogP contribution in [0.25, 0.3) is 0 Å². The van der Waals surface area contributed by atoms with Crippen LogP contribution in [-0.2, 0) is 9.59 Å². The van der Waals surface area contributed by atoms with Crippen molar-refractivity contribution in [1.82, 2.24) is 9.80 Å². The zero-order chi connectivity index (χ0) is 25.6.